The summed E-state index contributed by atoms with van der Waals surface area (Å²) in [5, 5.41) is 3.11. The van der Waals surface area contributed by atoms with E-state index < -0.39 is 0 Å². The lowest BCUT2D eigenvalue weighted by atomic mass is 10.1. The molecule has 1 fully saturated rings. The van der Waals surface area contributed by atoms with Gasteiger partial charge in [0.25, 0.3) is 0 Å². The molecule has 2 rings (SSSR count). The zero-order chi connectivity index (χ0) is 15.1. The molecule has 1 aromatic rings. The van der Waals surface area contributed by atoms with E-state index in [9.17, 15) is 0 Å². The molecule has 0 aliphatic carbocycles. The third-order valence-corrected chi connectivity index (χ3v) is 3.80. The summed E-state index contributed by atoms with van der Waals surface area (Å²) in [4.78, 5) is 6.98. The summed E-state index contributed by atoms with van der Waals surface area (Å²) < 4.78 is 5.29. The summed E-state index contributed by atoms with van der Waals surface area (Å²) in [6, 6.07) is 7.70. The van der Waals surface area contributed by atoms with Crippen molar-refractivity contribution in [1.82, 2.24) is 4.90 Å². The van der Waals surface area contributed by atoms with E-state index in [1.54, 1.807) is 7.11 Å². The lowest BCUT2D eigenvalue weighted by molar-refractivity contribution is 0.326. The highest BCUT2D eigenvalue weighted by Gasteiger charge is 2.21. The lowest BCUT2D eigenvalue weighted by Crippen LogP contribution is -2.25. The normalized spacial score (nSPS) is 18.8. The number of nitrogens with zero attached hydrogens (tertiary/aromatic N) is 2. The summed E-state index contributed by atoms with van der Waals surface area (Å²) in [7, 11) is 1.65. The van der Waals surface area contributed by atoms with Crippen molar-refractivity contribution in [2.24, 2.45) is 16.6 Å². The maximum Gasteiger partial charge on any atom is 0.193 e. The molecule has 0 saturated carbocycles. The summed E-state index contributed by atoms with van der Waals surface area (Å²) in [6.07, 6.45) is 2.43. The number of hydrogen-bond acceptors (Lipinski definition) is 3. The molecule has 1 aromatic carbocycles. The number of anilines is 1. The van der Waals surface area contributed by atoms with Crippen molar-refractivity contribution in [3.05, 3.63) is 24.3 Å². The first-order valence-corrected chi connectivity index (χ1v) is 7.65. The number of rotatable bonds is 6. The van der Waals surface area contributed by atoms with Gasteiger partial charge in [0.05, 0.1) is 12.8 Å². The van der Waals surface area contributed by atoms with Crippen LogP contribution in [0.3, 0.4) is 0 Å². The largest absolute Gasteiger partial charge is 0.495 e. The Labute approximate surface area is 150 Å². The Balaban J connectivity index is 0.00000242. The van der Waals surface area contributed by atoms with Crippen molar-refractivity contribution in [3.8, 4) is 5.75 Å². The first kappa shape index (κ1) is 19.0. The number of likely N-dealkylation sites (tertiary alicyclic amines) is 1. The van der Waals surface area contributed by atoms with Crippen LogP contribution in [-0.2, 0) is 0 Å². The minimum absolute atomic E-state index is 0. The average molecular weight is 418 g/mol. The van der Waals surface area contributed by atoms with Crippen LogP contribution >= 0.6 is 24.0 Å². The third kappa shape index (κ3) is 5.64. The minimum Gasteiger partial charge on any atom is -0.495 e. The minimum atomic E-state index is 0. The molecule has 5 nitrogen and oxygen atoms in total. The van der Waals surface area contributed by atoms with Gasteiger partial charge < -0.3 is 20.7 Å². The van der Waals surface area contributed by atoms with Crippen LogP contribution in [0.25, 0.3) is 0 Å². The molecule has 1 atom stereocenters. The topological polar surface area (TPSA) is 62.9 Å². The van der Waals surface area contributed by atoms with Crippen molar-refractivity contribution in [2.75, 3.05) is 38.6 Å². The number of methoxy groups -OCH3 is 1. The molecule has 3 N–H and O–H groups in total. The van der Waals surface area contributed by atoms with Gasteiger partial charge >= 0.3 is 0 Å². The zero-order valence-corrected chi connectivity index (χ0v) is 15.7. The summed E-state index contributed by atoms with van der Waals surface area (Å²) in [6.45, 7) is 6.52. The van der Waals surface area contributed by atoms with Gasteiger partial charge in [-0.05, 0) is 44.0 Å². The number of aliphatic imine (C=N–C) groups is 1. The molecule has 0 bridgehead atoms. The van der Waals surface area contributed by atoms with Crippen LogP contribution in [0, 0.1) is 5.92 Å². The maximum absolute atomic E-state index is 5.97. The fraction of sp³-hybridized carbons (Fsp3) is 0.562. The Hall–Kier alpha value is -1.02. The van der Waals surface area contributed by atoms with Gasteiger partial charge in [0, 0.05) is 13.1 Å². The first-order chi connectivity index (χ1) is 10.2. The molecule has 1 aliphatic rings. The average Bonchev–Trinajstić information content (AvgIpc) is 2.94. The molecule has 22 heavy (non-hydrogen) atoms. The predicted molar refractivity (Wildman–Crippen MR) is 103 cm³/mol. The quantitative estimate of drug-likeness (QED) is 0.424. The Morgan fingerprint density at radius 2 is 2.23 bits per heavy atom. The Morgan fingerprint density at radius 3 is 2.95 bits per heavy atom. The van der Waals surface area contributed by atoms with Crippen LogP contribution in [0.1, 0.15) is 19.8 Å². The fourth-order valence-corrected chi connectivity index (χ4v) is 2.73. The number of nitrogens with one attached hydrogen (secondary N) is 1. The second-order valence-electron chi connectivity index (χ2n) is 5.51. The van der Waals surface area contributed by atoms with Gasteiger partial charge in [-0.2, -0.15) is 0 Å². The SMILES string of the molecule is CCCN1CCC(CN=C(N)Nc2ccccc2OC)C1.I. The van der Waals surface area contributed by atoms with E-state index >= 15 is 0 Å². The van der Waals surface area contributed by atoms with Gasteiger partial charge in [0.15, 0.2) is 5.96 Å². The number of benzene rings is 1. The maximum atomic E-state index is 5.97. The first-order valence-electron chi connectivity index (χ1n) is 7.65. The van der Waals surface area contributed by atoms with Crippen LogP contribution in [0.4, 0.5) is 5.69 Å². The number of guanidine groups is 1. The Bertz CT molecular complexity index is 481. The van der Waals surface area contributed by atoms with Crippen molar-refractivity contribution in [3.63, 3.8) is 0 Å². The molecule has 1 saturated heterocycles. The number of nitrogens with two attached hydrogens (primary N) is 1. The summed E-state index contributed by atoms with van der Waals surface area (Å²) in [5.41, 5.74) is 6.82. The van der Waals surface area contributed by atoms with E-state index in [0.29, 0.717) is 11.9 Å². The van der Waals surface area contributed by atoms with Crippen molar-refractivity contribution in [1.29, 1.82) is 0 Å². The summed E-state index contributed by atoms with van der Waals surface area (Å²) in [5.74, 6) is 1.84. The van der Waals surface area contributed by atoms with E-state index in [2.05, 4.69) is 22.1 Å². The monoisotopic (exact) mass is 418 g/mol. The molecule has 124 valence electrons. The molecule has 1 unspecified atom stereocenters. The molecule has 6 heteroatoms. The van der Waals surface area contributed by atoms with Gasteiger partial charge in [-0.1, -0.05) is 19.1 Å². The highest BCUT2D eigenvalue weighted by molar-refractivity contribution is 14.0. The van der Waals surface area contributed by atoms with Crippen LogP contribution in [0.15, 0.2) is 29.3 Å². The standard InChI is InChI=1S/C16H26N4O.HI/c1-3-9-20-10-8-13(12-20)11-18-16(17)19-14-6-4-5-7-15(14)21-2;/h4-7,13H,3,8-12H2,1-2H3,(H3,17,18,19);1H. The van der Waals surface area contributed by atoms with Crippen molar-refractivity contribution < 1.29 is 4.74 Å². The Kier molecular flexibility index (Phi) is 8.55. The summed E-state index contributed by atoms with van der Waals surface area (Å²) >= 11 is 0. The van der Waals surface area contributed by atoms with Crippen LogP contribution in [0.2, 0.25) is 0 Å². The van der Waals surface area contributed by atoms with Gasteiger partial charge in [0.2, 0.25) is 0 Å². The predicted octanol–water partition coefficient (Wildman–Crippen LogP) is 2.77. The van der Waals surface area contributed by atoms with Crippen LogP contribution in [0.5, 0.6) is 5.75 Å². The number of halogens is 1. The number of hydrogen-bond donors (Lipinski definition) is 2. The molecule has 0 amide bonds. The zero-order valence-electron chi connectivity index (χ0n) is 13.4. The fourth-order valence-electron chi connectivity index (χ4n) is 2.73. The van der Waals surface area contributed by atoms with E-state index in [0.717, 1.165) is 24.5 Å². The van der Waals surface area contributed by atoms with Gasteiger partial charge in [-0.15, -0.1) is 24.0 Å². The molecule has 0 aromatic heterocycles. The van der Waals surface area contributed by atoms with Crippen molar-refractivity contribution >= 4 is 35.6 Å². The van der Waals surface area contributed by atoms with E-state index in [4.69, 9.17) is 10.5 Å². The second kappa shape index (κ2) is 9.89. The molecule has 1 heterocycles. The molecule has 0 spiro atoms. The highest BCUT2D eigenvalue weighted by atomic mass is 127. The highest BCUT2D eigenvalue weighted by Crippen LogP contribution is 2.22. The van der Waals surface area contributed by atoms with Gasteiger partial charge in [-0.3, -0.25) is 4.99 Å². The Morgan fingerprint density at radius 1 is 1.45 bits per heavy atom. The smallest absolute Gasteiger partial charge is 0.193 e. The van der Waals surface area contributed by atoms with Gasteiger partial charge in [-0.25, -0.2) is 0 Å². The molecule has 1 aliphatic heterocycles. The van der Waals surface area contributed by atoms with Gasteiger partial charge in [0.1, 0.15) is 5.75 Å². The van der Waals surface area contributed by atoms with E-state index in [1.165, 1.54) is 25.9 Å². The number of para-hydroxylation sites is 2. The molecular weight excluding hydrogens is 391 g/mol. The van der Waals surface area contributed by atoms with Crippen LogP contribution in [-0.4, -0.2) is 44.1 Å². The third-order valence-electron chi connectivity index (χ3n) is 3.80. The van der Waals surface area contributed by atoms with E-state index in [-0.39, 0.29) is 24.0 Å². The molecular formula is C16H27IN4O. The lowest BCUT2D eigenvalue weighted by Gasteiger charge is -2.14. The van der Waals surface area contributed by atoms with Crippen LogP contribution < -0.4 is 15.8 Å². The number of ether oxygens (including phenoxy) is 1. The molecule has 0 radical (unpaired) electrons. The second-order valence-corrected chi connectivity index (χ2v) is 5.51. The van der Waals surface area contributed by atoms with Crippen molar-refractivity contribution in [2.45, 2.75) is 19.8 Å². The van der Waals surface area contributed by atoms with E-state index in [1.807, 2.05) is 24.3 Å².